The number of hydrogen-bond acceptors (Lipinski definition) is 3. The summed E-state index contributed by atoms with van der Waals surface area (Å²) in [5.41, 5.74) is 1.55. The number of pyridine rings is 1. The summed E-state index contributed by atoms with van der Waals surface area (Å²) in [5, 5.41) is 2.74. The molecule has 5 nitrogen and oxygen atoms in total. The molecule has 1 N–H and O–H groups in total. The first kappa shape index (κ1) is 13.4. The van der Waals surface area contributed by atoms with E-state index in [0.29, 0.717) is 13.2 Å². The van der Waals surface area contributed by atoms with Gasteiger partial charge in [0.2, 0.25) is 5.91 Å². The normalized spacial score (nSPS) is 10.3. The molecule has 0 saturated carbocycles. The van der Waals surface area contributed by atoms with Gasteiger partial charge in [-0.25, -0.2) is 0 Å². The van der Waals surface area contributed by atoms with Crippen LogP contribution in [0.3, 0.4) is 0 Å². The Labute approximate surface area is 100 Å². The van der Waals surface area contributed by atoms with Crippen molar-refractivity contribution in [2.45, 2.75) is 20.4 Å². The van der Waals surface area contributed by atoms with Crippen molar-refractivity contribution >= 4 is 5.91 Å². The molecule has 1 amide bonds. The molecule has 94 valence electrons. The minimum atomic E-state index is -0.0862. The Morgan fingerprint density at radius 3 is 2.47 bits per heavy atom. The Morgan fingerprint density at radius 1 is 1.35 bits per heavy atom. The number of carbonyl (C=O) groups is 1. The van der Waals surface area contributed by atoms with Gasteiger partial charge in [0.25, 0.3) is 0 Å². The number of carbonyl (C=O) groups excluding carboxylic acids is 1. The van der Waals surface area contributed by atoms with E-state index in [1.807, 2.05) is 18.4 Å². The second kappa shape index (κ2) is 6.20. The van der Waals surface area contributed by atoms with Crippen LogP contribution in [0.15, 0.2) is 16.9 Å². The number of nitrogens with one attached hydrogen (secondary N) is 1. The zero-order chi connectivity index (χ0) is 12.8. The van der Waals surface area contributed by atoms with Gasteiger partial charge in [-0.2, -0.15) is 0 Å². The molecule has 0 aromatic carbocycles. The van der Waals surface area contributed by atoms with Gasteiger partial charge in [0.1, 0.15) is 6.54 Å². The van der Waals surface area contributed by atoms with Gasteiger partial charge in [-0.3, -0.25) is 9.59 Å². The monoisotopic (exact) mass is 238 g/mol. The maximum atomic E-state index is 11.6. The Kier molecular flexibility index (Phi) is 4.90. The second-order valence-corrected chi connectivity index (χ2v) is 3.90. The summed E-state index contributed by atoms with van der Waals surface area (Å²) in [5.74, 6) is -0.0862. The summed E-state index contributed by atoms with van der Waals surface area (Å²) in [6, 6.07) is 3.05. The molecule has 0 aliphatic carbocycles. The van der Waals surface area contributed by atoms with Gasteiger partial charge < -0.3 is 14.6 Å². The molecule has 5 heteroatoms. The highest BCUT2D eigenvalue weighted by molar-refractivity contribution is 5.75. The third-order valence-electron chi connectivity index (χ3n) is 2.48. The van der Waals surface area contributed by atoms with E-state index in [1.165, 1.54) is 12.1 Å². The first-order valence-electron chi connectivity index (χ1n) is 5.48. The molecule has 1 heterocycles. The number of methoxy groups -OCH3 is 1. The predicted molar refractivity (Wildman–Crippen MR) is 65.1 cm³/mol. The predicted octanol–water partition coefficient (Wildman–Crippen LogP) is 0.228. The van der Waals surface area contributed by atoms with Crippen molar-refractivity contribution in [2.24, 2.45) is 0 Å². The molecule has 0 spiro atoms. The molecule has 0 bridgehead atoms. The average Bonchev–Trinajstić information content (AvgIpc) is 2.24. The Balaban J connectivity index is 2.68. The minimum absolute atomic E-state index is 0.0314. The zero-order valence-corrected chi connectivity index (χ0v) is 10.4. The van der Waals surface area contributed by atoms with Gasteiger partial charge in [0.05, 0.1) is 6.61 Å². The van der Waals surface area contributed by atoms with Gasteiger partial charge in [0, 0.05) is 37.2 Å². The van der Waals surface area contributed by atoms with E-state index in [0.717, 1.165) is 11.4 Å². The van der Waals surface area contributed by atoms with Gasteiger partial charge in [0.15, 0.2) is 5.43 Å². The van der Waals surface area contributed by atoms with Crippen LogP contribution >= 0.6 is 0 Å². The summed E-state index contributed by atoms with van der Waals surface area (Å²) in [6.45, 7) is 4.84. The van der Waals surface area contributed by atoms with Crippen molar-refractivity contribution in [1.82, 2.24) is 9.88 Å². The van der Waals surface area contributed by atoms with Crippen LogP contribution < -0.4 is 10.7 Å². The lowest BCUT2D eigenvalue weighted by atomic mass is 10.3. The van der Waals surface area contributed by atoms with Crippen LogP contribution in [-0.2, 0) is 16.1 Å². The molecule has 0 radical (unpaired) electrons. The van der Waals surface area contributed by atoms with Gasteiger partial charge in [-0.05, 0) is 13.8 Å². The number of nitrogens with zero attached hydrogens (tertiary/aromatic N) is 1. The average molecular weight is 238 g/mol. The Hall–Kier alpha value is -1.62. The molecule has 0 saturated heterocycles. The van der Waals surface area contributed by atoms with Crippen molar-refractivity contribution in [1.29, 1.82) is 0 Å². The van der Waals surface area contributed by atoms with Crippen LogP contribution in [-0.4, -0.2) is 30.7 Å². The number of aryl methyl sites for hydroxylation is 2. The zero-order valence-electron chi connectivity index (χ0n) is 10.4. The molecule has 1 aromatic rings. The van der Waals surface area contributed by atoms with Crippen LogP contribution in [0.2, 0.25) is 0 Å². The highest BCUT2D eigenvalue weighted by Crippen LogP contribution is 2.00. The molecular formula is C12H18N2O3. The van der Waals surface area contributed by atoms with E-state index in [9.17, 15) is 9.59 Å². The second-order valence-electron chi connectivity index (χ2n) is 3.90. The third kappa shape index (κ3) is 4.03. The first-order chi connectivity index (χ1) is 8.04. The summed E-state index contributed by atoms with van der Waals surface area (Å²) in [4.78, 5) is 22.8. The number of hydrogen-bond donors (Lipinski definition) is 1. The van der Waals surface area contributed by atoms with Crippen molar-refractivity contribution in [3.8, 4) is 0 Å². The molecule has 0 aliphatic heterocycles. The smallest absolute Gasteiger partial charge is 0.240 e. The van der Waals surface area contributed by atoms with Crippen molar-refractivity contribution in [3.63, 3.8) is 0 Å². The number of amides is 1. The lowest BCUT2D eigenvalue weighted by Gasteiger charge is -2.13. The quantitative estimate of drug-likeness (QED) is 0.747. The first-order valence-corrected chi connectivity index (χ1v) is 5.48. The van der Waals surface area contributed by atoms with Crippen LogP contribution in [0.4, 0.5) is 0 Å². The molecule has 1 aromatic heterocycles. The number of ether oxygens (including phenoxy) is 1. The van der Waals surface area contributed by atoms with E-state index < -0.39 is 0 Å². The largest absolute Gasteiger partial charge is 0.383 e. The van der Waals surface area contributed by atoms with Crippen LogP contribution in [0.5, 0.6) is 0 Å². The Morgan fingerprint density at radius 2 is 1.94 bits per heavy atom. The van der Waals surface area contributed by atoms with Gasteiger partial charge in [-0.1, -0.05) is 0 Å². The highest BCUT2D eigenvalue weighted by Gasteiger charge is 2.06. The standard InChI is InChI=1S/C12H18N2O3/c1-9-6-11(15)7-10(2)14(9)8-12(16)13-4-5-17-3/h6-7H,4-5,8H2,1-3H3,(H,13,16). The maximum Gasteiger partial charge on any atom is 0.240 e. The molecule has 0 fully saturated rings. The summed E-state index contributed by atoms with van der Waals surface area (Å²) >= 11 is 0. The van der Waals surface area contributed by atoms with E-state index in [2.05, 4.69) is 5.32 Å². The van der Waals surface area contributed by atoms with Crippen molar-refractivity contribution in [3.05, 3.63) is 33.7 Å². The maximum absolute atomic E-state index is 11.6. The molecule has 17 heavy (non-hydrogen) atoms. The molecule has 0 atom stereocenters. The molecular weight excluding hydrogens is 220 g/mol. The van der Waals surface area contributed by atoms with Crippen LogP contribution in [0.25, 0.3) is 0 Å². The van der Waals surface area contributed by atoms with Gasteiger partial charge in [-0.15, -0.1) is 0 Å². The molecule has 0 unspecified atom stereocenters. The van der Waals surface area contributed by atoms with Crippen LogP contribution in [0, 0.1) is 13.8 Å². The summed E-state index contributed by atoms with van der Waals surface area (Å²) in [7, 11) is 1.59. The van der Waals surface area contributed by atoms with Crippen molar-refractivity contribution < 1.29 is 9.53 Å². The lowest BCUT2D eigenvalue weighted by molar-refractivity contribution is -0.121. The minimum Gasteiger partial charge on any atom is -0.383 e. The third-order valence-corrected chi connectivity index (χ3v) is 2.48. The van der Waals surface area contributed by atoms with E-state index in [1.54, 1.807) is 7.11 Å². The fourth-order valence-corrected chi connectivity index (χ4v) is 1.63. The van der Waals surface area contributed by atoms with Crippen LogP contribution in [0.1, 0.15) is 11.4 Å². The highest BCUT2D eigenvalue weighted by atomic mass is 16.5. The number of rotatable bonds is 5. The van der Waals surface area contributed by atoms with E-state index in [4.69, 9.17) is 4.74 Å². The molecule has 1 rings (SSSR count). The van der Waals surface area contributed by atoms with Crippen molar-refractivity contribution in [2.75, 3.05) is 20.3 Å². The van der Waals surface area contributed by atoms with E-state index >= 15 is 0 Å². The fraction of sp³-hybridized carbons (Fsp3) is 0.500. The lowest BCUT2D eigenvalue weighted by Crippen LogP contribution is -2.31. The SMILES string of the molecule is COCCNC(=O)Cn1c(C)cc(=O)cc1C. The summed E-state index contributed by atoms with van der Waals surface area (Å²) in [6.07, 6.45) is 0. The summed E-state index contributed by atoms with van der Waals surface area (Å²) < 4.78 is 6.65. The molecule has 0 aliphatic rings. The van der Waals surface area contributed by atoms with Gasteiger partial charge >= 0.3 is 0 Å². The topological polar surface area (TPSA) is 60.3 Å². The fourth-order valence-electron chi connectivity index (χ4n) is 1.63. The number of aromatic nitrogens is 1. The Bertz CT molecular complexity index is 425. The van der Waals surface area contributed by atoms with E-state index in [-0.39, 0.29) is 17.9 Å².